The van der Waals surface area contributed by atoms with Crippen molar-refractivity contribution in [2.75, 3.05) is 16.4 Å². The molecule has 180 valence electrons. The van der Waals surface area contributed by atoms with Gasteiger partial charge in [0.1, 0.15) is 17.4 Å². The third kappa shape index (κ3) is 4.93. The van der Waals surface area contributed by atoms with E-state index in [1.807, 2.05) is 30.7 Å². The van der Waals surface area contributed by atoms with Gasteiger partial charge in [0, 0.05) is 17.2 Å². The van der Waals surface area contributed by atoms with E-state index in [4.69, 9.17) is 4.42 Å². The van der Waals surface area contributed by atoms with Gasteiger partial charge in [-0.1, -0.05) is 42.8 Å². The molecule has 35 heavy (non-hydrogen) atoms. The number of furan rings is 1. The molecule has 0 atom stereocenters. The lowest BCUT2D eigenvalue weighted by Crippen LogP contribution is -2.19. The van der Waals surface area contributed by atoms with Gasteiger partial charge in [-0.3, -0.25) is 9.59 Å². The lowest BCUT2D eigenvalue weighted by molar-refractivity contribution is -0.113. The average Bonchev–Trinajstić information content (AvgIpc) is 3.60. The molecule has 2 N–H and O–H groups in total. The molecule has 1 aliphatic rings. The fourth-order valence-electron chi connectivity index (χ4n) is 4.32. The van der Waals surface area contributed by atoms with Crippen LogP contribution in [0.4, 0.5) is 11.6 Å². The number of benzene rings is 1. The average molecular weight is 491 g/mol. The van der Waals surface area contributed by atoms with Gasteiger partial charge in [-0.25, -0.2) is 9.67 Å². The second-order valence-corrected chi connectivity index (χ2v) is 9.52. The first kappa shape index (κ1) is 23.1. The van der Waals surface area contributed by atoms with Crippen molar-refractivity contribution in [3.63, 3.8) is 0 Å². The van der Waals surface area contributed by atoms with E-state index in [0.29, 0.717) is 45.3 Å². The maximum absolute atomic E-state index is 12.8. The second-order valence-electron chi connectivity index (χ2n) is 8.57. The van der Waals surface area contributed by atoms with E-state index in [2.05, 4.69) is 25.7 Å². The predicted molar refractivity (Wildman–Crippen MR) is 135 cm³/mol. The van der Waals surface area contributed by atoms with Crippen molar-refractivity contribution in [2.24, 2.45) is 0 Å². The Labute approximate surface area is 206 Å². The Hall–Kier alpha value is -3.66. The summed E-state index contributed by atoms with van der Waals surface area (Å²) in [7, 11) is 0. The highest BCUT2D eigenvalue weighted by atomic mass is 32.2. The SMILES string of the molecule is Cc1oc2nc(SCC(=O)Nc3ccnn3C3CCCC3)nc(NC(=O)c3ccccc3)c2c1C. The number of carbonyl (C=O) groups excluding carboxylic acids is 2. The van der Waals surface area contributed by atoms with Gasteiger partial charge in [-0.05, 0) is 38.8 Å². The predicted octanol–water partition coefficient (Wildman–Crippen LogP) is 5.13. The number of anilines is 2. The van der Waals surface area contributed by atoms with Gasteiger partial charge in [0.15, 0.2) is 5.16 Å². The van der Waals surface area contributed by atoms with Crippen molar-refractivity contribution in [3.05, 3.63) is 59.5 Å². The molecule has 10 heteroatoms. The molecular formula is C25H26N6O3S. The molecule has 1 aromatic carbocycles. The van der Waals surface area contributed by atoms with Gasteiger partial charge in [0.2, 0.25) is 11.6 Å². The summed E-state index contributed by atoms with van der Waals surface area (Å²) >= 11 is 1.18. The summed E-state index contributed by atoms with van der Waals surface area (Å²) in [6.45, 7) is 3.74. The standard InChI is InChI=1S/C25H26N6O3S/c1-15-16(2)34-24-21(15)22(28-23(33)17-8-4-3-5-9-17)29-25(30-24)35-14-20(32)27-19-12-13-26-31(19)18-10-6-7-11-18/h3-5,8-9,12-13,18H,6-7,10-11,14H2,1-2H3,(H,27,32)(H,28,29,30,33). The minimum atomic E-state index is -0.280. The van der Waals surface area contributed by atoms with Crippen LogP contribution in [0.5, 0.6) is 0 Å². The maximum Gasteiger partial charge on any atom is 0.256 e. The lowest BCUT2D eigenvalue weighted by atomic mass is 10.2. The Morgan fingerprint density at radius 2 is 1.86 bits per heavy atom. The zero-order chi connectivity index (χ0) is 24.4. The van der Waals surface area contributed by atoms with Crippen LogP contribution in [0.1, 0.15) is 53.4 Å². The highest BCUT2D eigenvalue weighted by Crippen LogP contribution is 2.32. The molecule has 0 bridgehead atoms. The number of carbonyl (C=O) groups is 2. The van der Waals surface area contributed by atoms with Crippen LogP contribution in [0, 0.1) is 13.8 Å². The quantitative estimate of drug-likeness (QED) is 0.272. The molecule has 1 aliphatic carbocycles. The van der Waals surface area contributed by atoms with E-state index < -0.39 is 0 Å². The van der Waals surface area contributed by atoms with Gasteiger partial charge in [0.25, 0.3) is 5.91 Å². The third-order valence-corrected chi connectivity index (χ3v) is 7.06. The maximum atomic E-state index is 12.8. The molecule has 0 aliphatic heterocycles. The van der Waals surface area contributed by atoms with Crippen LogP contribution in [-0.2, 0) is 4.79 Å². The number of rotatable bonds is 7. The highest BCUT2D eigenvalue weighted by Gasteiger charge is 2.22. The molecule has 0 radical (unpaired) electrons. The number of nitrogens with zero attached hydrogens (tertiary/aromatic N) is 4. The zero-order valence-electron chi connectivity index (χ0n) is 19.6. The number of nitrogens with one attached hydrogen (secondary N) is 2. The van der Waals surface area contributed by atoms with Crippen molar-refractivity contribution in [2.45, 2.75) is 50.7 Å². The number of aromatic nitrogens is 4. The molecule has 0 spiro atoms. The first-order valence-electron chi connectivity index (χ1n) is 11.6. The number of amides is 2. The molecule has 4 aromatic rings. The van der Waals surface area contributed by atoms with Crippen molar-refractivity contribution in [1.29, 1.82) is 0 Å². The fourth-order valence-corrected chi connectivity index (χ4v) is 4.95. The molecule has 1 saturated carbocycles. The molecule has 3 heterocycles. The summed E-state index contributed by atoms with van der Waals surface area (Å²) < 4.78 is 7.71. The summed E-state index contributed by atoms with van der Waals surface area (Å²) in [5.41, 5.74) is 1.75. The van der Waals surface area contributed by atoms with E-state index in [1.165, 1.54) is 24.6 Å². The number of hydrogen-bond donors (Lipinski definition) is 2. The van der Waals surface area contributed by atoms with E-state index in [-0.39, 0.29) is 17.6 Å². The van der Waals surface area contributed by atoms with Gasteiger partial charge < -0.3 is 15.1 Å². The highest BCUT2D eigenvalue weighted by molar-refractivity contribution is 7.99. The van der Waals surface area contributed by atoms with Crippen LogP contribution in [-0.4, -0.2) is 37.3 Å². The topological polar surface area (TPSA) is 115 Å². The smallest absolute Gasteiger partial charge is 0.256 e. The van der Waals surface area contributed by atoms with E-state index in [9.17, 15) is 9.59 Å². The largest absolute Gasteiger partial charge is 0.443 e. The number of thioether (sulfide) groups is 1. The molecule has 5 rings (SSSR count). The normalized spacial score (nSPS) is 13.9. The summed E-state index contributed by atoms with van der Waals surface area (Å²) in [6, 6.07) is 11.1. The van der Waals surface area contributed by atoms with Crippen molar-refractivity contribution < 1.29 is 14.0 Å². The minimum absolute atomic E-state index is 0.103. The van der Waals surface area contributed by atoms with Crippen molar-refractivity contribution >= 4 is 46.3 Å². The number of fused-ring (bicyclic) bond motifs is 1. The molecule has 2 amide bonds. The molecule has 9 nitrogen and oxygen atoms in total. The monoisotopic (exact) mass is 490 g/mol. The Balaban J connectivity index is 1.33. The van der Waals surface area contributed by atoms with Crippen LogP contribution in [0.15, 0.2) is 52.2 Å². The van der Waals surface area contributed by atoms with Gasteiger partial charge in [0.05, 0.1) is 23.4 Å². The first-order valence-corrected chi connectivity index (χ1v) is 12.6. The molecule has 0 unspecified atom stereocenters. The van der Waals surface area contributed by atoms with Gasteiger partial charge >= 0.3 is 0 Å². The van der Waals surface area contributed by atoms with Crippen LogP contribution in [0.2, 0.25) is 0 Å². The van der Waals surface area contributed by atoms with E-state index in [0.717, 1.165) is 18.4 Å². The molecule has 0 saturated heterocycles. The molecule has 3 aromatic heterocycles. The Bertz CT molecular complexity index is 1370. The summed E-state index contributed by atoms with van der Waals surface area (Å²) in [5.74, 6) is 1.40. The Morgan fingerprint density at radius 1 is 1.09 bits per heavy atom. The summed E-state index contributed by atoms with van der Waals surface area (Å²) in [6.07, 6.45) is 6.23. The summed E-state index contributed by atoms with van der Waals surface area (Å²) in [4.78, 5) is 34.5. The first-order chi connectivity index (χ1) is 17.0. The minimum Gasteiger partial charge on any atom is -0.443 e. The van der Waals surface area contributed by atoms with Crippen LogP contribution in [0.3, 0.4) is 0 Å². The van der Waals surface area contributed by atoms with Gasteiger partial charge in [-0.15, -0.1) is 0 Å². The Morgan fingerprint density at radius 3 is 2.63 bits per heavy atom. The van der Waals surface area contributed by atoms with E-state index >= 15 is 0 Å². The Kier molecular flexibility index (Phi) is 6.54. The van der Waals surface area contributed by atoms with Crippen molar-refractivity contribution in [1.82, 2.24) is 19.7 Å². The van der Waals surface area contributed by atoms with Crippen LogP contribution < -0.4 is 10.6 Å². The summed E-state index contributed by atoms with van der Waals surface area (Å²) in [5, 5.41) is 11.2. The fraction of sp³-hybridized carbons (Fsp3) is 0.320. The molecule has 1 fully saturated rings. The van der Waals surface area contributed by atoms with Crippen LogP contribution in [0.25, 0.3) is 11.1 Å². The van der Waals surface area contributed by atoms with Gasteiger partial charge in [-0.2, -0.15) is 10.1 Å². The number of hydrogen-bond acceptors (Lipinski definition) is 7. The van der Waals surface area contributed by atoms with Crippen molar-refractivity contribution in [3.8, 4) is 0 Å². The second kappa shape index (κ2) is 9.91. The van der Waals surface area contributed by atoms with E-state index in [1.54, 1.807) is 30.5 Å². The number of aryl methyl sites for hydroxylation is 2. The lowest BCUT2D eigenvalue weighted by Gasteiger charge is -2.14. The molecular weight excluding hydrogens is 464 g/mol. The third-order valence-electron chi connectivity index (χ3n) is 6.22. The zero-order valence-corrected chi connectivity index (χ0v) is 20.4. The van der Waals surface area contributed by atoms with Crippen LogP contribution >= 0.6 is 11.8 Å².